The Hall–Kier alpha value is -2.36. The van der Waals surface area contributed by atoms with Crippen LogP contribution in [0.15, 0.2) is 46.9 Å². The first kappa shape index (κ1) is 19.0. The van der Waals surface area contributed by atoms with Crippen molar-refractivity contribution in [1.29, 1.82) is 5.26 Å². The molecule has 0 radical (unpaired) electrons. The molecule has 0 spiro atoms. The number of nitrogens with zero attached hydrogens (tertiary/aromatic N) is 1. The Morgan fingerprint density at radius 1 is 1.36 bits per heavy atom. The molecule has 6 heteroatoms. The van der Waals surface area contributed by atoms with E-state index in [1.54, 1.807) is 31.4 Å². The number of hydrogen-bond acceptors (Lipinski definition) is 3. The Bertz CT molecular complexity index is 801. The molecule has 2 aromatic carbocycles. The maximum atomic E-state index is 12.5. The van der Waals surface area contributed by atoms with Gasteiger partial charge in [-0.2, -0.15) is 5.26 Å². The zero-order valence-electron chi connectivity index (χ0n) is 14.5. The van der Waals surface area contributed by atoms with Crippen LogP contribution in [0, 0.1) is 11.3 Å². The molecule has 130 valence electrons. The summed E-state index contributed by atoms with van der Waals surface area (Å²) in [6.07, 6.45) is 0. The third-order valence-corrected chi connectivity index (χ3v) is 4.60. The molecule has 5 nitrogen and oxygen atoms in total. The Morgan fingerprint density at radius 3 is 2.80 bits per heavy atom. The summed E-state index contributed by atoms with van der Waals surface area (Å²) in [5.74, 6) is 0.707. The molecule has 2 atom stereocenters. The Morgan fingerprint density at radius 2 is 2.12 bits per heavy atom. The van der Waals surface area contributed by atoms with Crippen LogP contribution >= 0.6 is 15.9 Å². The van der Waals surface area contributed by atoms with Crippen LogP contribution < -0.4 is 15.0 Å². The van der Waals surface area contributed by atoms with Crippen LogP contribution in [0.5, 0.6) is 5.75 Å². The topological polar surface area (TPSA) is 66.6 Å². The van der Waals surface area contributed by atoms with E-state index in [9.17, 15) is 4.79 Å². The van der Waals surface area contributed by atoms with Gasteiger partial charge in [0, 0.05) is 15.7 Å². The van der Waals surface area contributed by atoms with Gasteiger partial charge >= 0.3 is 0 Å². The van der Waals surface area contributed by atoms with E-state index in [1.807, 2.05) is 32.2 Å². The number of nitrogens with one attached hydrogen (secondary N) is 2. The summed E-state index contributed by atoms with van der Waals surface area (Å²) >= 11 is 3.47. The van der Waals surface area contributed by atoms with Crippen molar-refractivity contribution in [1.82, 2.24) is 0 Å². The Balaban J connectivity index is 2.06. The molecule has 25 heavy (non-hydrogen) atoms. The summed E-state index contributed by atoms with van der Waals surface area (Å²) in [6.45, 7) is 2.53. The van der Waals surface area contributed by atoms with E-state index in [2.05, 4.69) is 27.3 Å². The summed E-state index contributed by atoms with van der Waals surface area (Å²) < 4.78 is 6.37. The predicted molar refractivity (Wildman–Crippen MR) is 101 cm³/mol. The highest BCUT2D eigenvalue weighted by molar-refractivity contribution is 9.10. The number of hydrogen-bond donors (Lipinski definition) is 2. The summed E-state index contributed by atoms with van der Waals surface area (Å²) in [6, 6.07) is 14.5. The molecule has 2 aromatic rings. The van der Waals surface area contributed by atoms with Gasteiger partial charge in [-0.15, -0.1) is 0 Å². The minimum absolute atomic E-state index is 0.0958. The van der Waals surface area contributed by atoms with Gasteiger partial charge in [-0.3, -0.25) is 4.79 Å². The van der Waals surface area contributed by atoms with Crippen LogP contribution in [-0.2, 0) is 11.3 Å². The molecule has 0 aromatic heterocycles. The Kier molecular flexibility index (Phi) is 6.57. The summed E-state index contributed by atoms with van der Waals surface area (Å²) in [7, 11) is 3.61. The average molecular weight is 403 g/mol. The standard InChI is InChI=1S/C19H20BrN3O2/c1-13(19(24)22-17-6-4-5-14(9-17)11-21)23(2)12-15-10-16(20)7-8-18(15)25-3/h4-10,13H,12H2,1-3H3,(H,22,24)/p+1/t13-/m1/s1. The van der Waals surface area contributed by atoms with Gasteiger partial charge in [-0.25, -0.2) is 0 Å². The number of methoxy groups -OCH3 is 1. The molecule has 0 aliphatic heterocycles. The SMILES string of the molecule is COc1ccc(Br)cc1C[NH+](C)[C@H](C)C(=O)Nc1cccc(C#N)c1. The largest absolute Gasteiger partial charge is 0.496 e. The zero-order valence-corrected chi connectivity index (χ0v) is 16.1. The fourth-order valence-electron chi connectivity index (χ4n) is 2.48. The average Bonchev–Trinajstić information content (AvgIpc) is 2.61. The molecule has 0 aliphatic rings. The van der Waals surface area contributed by atoms with E-state index in [-0.39, 0.29) is 11.9 Å². The van der Waals surface area contributed by atoms with Gasteiger partial charge in [0.1, 0.15) is 12.3 Å². The number of anilines is 1. The quantitative estimate of drug-likeness (QED) is 0.779. The smallest absolute Gasteiger partial charge is 0.282 e. The summed E-state index contributed by atoms with van der Waals surface area (Å²) in [4.78, 5) is 13.5. The number of halogens is 1. The first-order valence-electron chi connectivity index (χ1n) is 7.90. The van der Waals surface area contributed by atoms with Gasteiger partial charge in [0.05, 0.1) is 25.8 Å². The summed E-state index contributed by atoms with van der Waals surface area (Å²) in [5, 5.41) is 11.8. The molecule has 1 amide bonds. The minimum Gasteiger partial charge on any atom is -0.496 e. The third-order valence-electron chi connectivity index (χ3n) is 4.10. The van der Waals surface area contributed by atoms with Crippen molar-refractivity contribution in [2.45, 2.75) is 19.5 Å². The first-order valence-corrected chi connectivity index (χ1v) is 8.69. The van der Waals surface area contributed by atoms with Gasteiger partial charge in [0.2, 0.25) is 0 Å². The molecule has 2 N–H and O–H groups in total. The zero-order chi connectivity index (χ0) is 18.4. The van der Waals surface area contributed by atoms with E-state index in [4.69, 9.17) is 10.00 Å². The molecule has 0 fully saturated rings. The maximum Gasteiger partial charge on any atom is 0.282 e. The van der Waals surface area contributed by atoms with Crippen LogP contribution in [0.1, 0.15) is 18.1 Å². The number of nitriles is 1. The Labute approximate surface area is 156 Å². The molecule has 2 rings (SSSR count). The minimum atomic E-state index is -0.269. The molecule has 0 aliphatic carbocycles. The number of likely N-dealkylation sites (N-methyl/N-ethyl adjacent to an activating group) is 1. The highest BCUT2D eigenvalue weighted by Crippen LogP contribution is 2.22. The van der Waals surface area contributed by atoms with E-state index < -0.39 is 0 Å². The molecular weight excluding hydrogens is 382 g/mol. The summed E-state index contributed by atoms with van der Waals surface area (Å²) in [5.41, 5.74) is 2.18. The third kappa shape index (κ3) is 5.05. The molecular formula is C19H21BrN3O2+. The maximum absolute atomic E-state index is 12.5. The van der Waals surface area contributed by atoms with Gasteiger partial charge in [0.25, 0.3) is 5.91 Å². The molecule has 0 saturated carbocycles. The second-order valence-electron chi connectivity index (χ2n) is 5.88. The number of rotatable bonds is 6. The molecule has 1 unspecified atom stereocenters. The fourth-order valence-corrected chi connectivity index (χ4v) is 2.89. The molecule has 0 heterocycles. The van der Waals surface area contributed by atoms with E-state index >= 15 is 0 Å². The highest BCUT2D eigenvalue weighted by Gasteiger charge is 2.23. The van der Waals surface area contributed by atoms with Gasteiger partial charge in [-0.1, -0.05) is 22.0 Å². The number of carbonyl (C=O) groups is 1. The van der Waals surface area contributed by atoms with Crippen molar-refractivity contribution in [2.24, 2.45) is 0 Å². The van der Waals surface area contributed by atoms with Crippen LogP contribution in [0.25, 0.3) is 0 Å². The van der Waals surface area contributed by atoms with Crippen molar-refractivity contribution in [3.05, 3.63) is 58.1 Å². The molecule has 0 bridgehead atoms. The second-order valence-corrected chi connectivity index (χ2v) is 6.80. The lowest BCUT2D eigenvalue weighted by Gasteiger charge is -2.22. The van der Waals surface area contributed by atoms with Crippen LogP contribution in [0.3, 0.4) is 0 Å². The van der Waals surface area contributed by atoms with Crippen LogP contribution in [0.4, 0.5) is 5.69 Å². The molecule has 0 saturated heterocycles. The number of benzene rings is 2. The van der Waals surface area contributed by atoms with Gasteiger partial charge < -0.3 is 15.0 Å². The highest BCUT2D eigenvalue weighted by atomic mass is 79.9. The van der Waals surface area contributed by atoms with Crippen molar-refractivity contribution < 1.29 is 14.4 Å². The van der Waals surface area contributed by atoms with Crippen molar-refractivity contribution in [3.63, 3.8) is 0 Å². The number of carbonyl (C=O) groups excluding carboxylic acids is 1. The lowest BCUT2D eigenvalue weighted by atomic mass is 10.1. The second kappa shape index (κ2) is 8.65. The predicted octanol–water partition coefficient (Wildman–Crippen LogP) is 2.37. The number of amides is 1. The monoisotopic (exact) mass is 402 g/mol. The lowest BCUT2D eigenvalue weighted by molar-refractivity contribution is -0.907. The van der Waals surface area contributed by atoms with Crippen molar-refractivity contribution in [2.75, 3.05) is 19.5 Å². The van der Waals surface area contributed by atoms with E-state index in [0.717, 1.165) is 20.7 Å². The van der Waals surface area contributed by atoms with Crippen molar-refractivity contribution >= 4 is 27.5 Å². The van der Waals surface area contributed by atoms with Gasteiger partial charge in [-0.05, 0) is 43.3 Å². The van der Waals surface area contributed by atoms with Crippen molar-refractivity contribution in [3.8, 4) is 11.8 Å². The van der Waals surface area contributed by atoms with E-state index in [1.165, 1.54) is 0 Å². The van der Waals surface area contributed by atoms with Crippen LogP contribution in [-0.4, -0.2) is 26.1 Å². The van der Waals surface area contributed by atoms with E-state index in [0.29, 0.717) is 17.8 Å². The first-order chi connectivity index (χ1) is 11.9. The number of ether oxygens (including phenoxy) is 1. The number of quaternary nitrogens is 1. The fraction of sp³-hybridized carbons (Fsp3) is 0.263. The lowest BCUT2D eigenvalue weighted by Crippen LogP contribution is -3.12. The van der Waals surface area contributed by atoms with Crippen LogP contribution in [0.2, 0.25) is 0 Å². The normalized spacial score (nSPS) is 12.8. The van der Waals surface area contributed by atoms with Gasteiger partial charge in [0.15, 0.2) is 6.04 Å².